The van der Waals surface area contributed by atoms with Gasteiger partial charge < -0.3 is 28.4 Å². The summed E-state index contributed by atoms with van der Waals surface area (Å²) in [6.07, 6.45) is 14.9. The number of methoxy groups -OCH3 is 2. The van der Waals surface area contributed by atoms with Crippen LogP contribution in [-0.4, -0.2) is 64.8 Å². The highest BCUT2D eigenvalue weighted by atomic mass is 16.6. The van der Waals surface area contributed by atoms with Crippen molar-refractivity contribution < 1.29 is 38.0 Å². The van der Waals surface area contributed by atoms with Gasteiger partial charge in [0.1, 0.15) is 50.1 Å². The maximum absolute atomic E-state index is 11.4. The van der Waals surface area contributed by atoms with Gasteiger partial charge in [-0.05, 0) is 48.2 Å². The van der Waals surface area contributed by atoms with E-state index in [1.165, 1.54) is 56.1 Å². The molecule has 8 nitrogen and oxygen atoms in total. The predicted molar refractivity (Wildman–Crippen MR) is 179 cm³/mol. The van der Waals surface area contributed by atoms with Crippen molar-refractivity contribution in [1.29, 1.82) is 0 Å². The first-order chi connectivity index (χ1) is 22.4. The minimum absolute atomic E-state index is 0.0944. The van der Waals surface area contributed by atoms with Gasteiger partial charge in [-0.1, -0.05) is 95.2 Å². The average molecular weight is 637 g/mol. The fraction of sp³-hybridized carbons (Fsp3) is 0.526. The summed E-state index contributed by atoms with van der Waals surface area (Å²) in [6.45, 7) is 7.55. The van der Waals surface area contributed by atoms with Gasteiger partial charge in [0.15, 0.2) is 0 Å². The van der Waals surface area contributed by atoms with Gasteiger partial charge in [-0.25, -0.2) is 9.59 Å². The third kappa shape index (κ3) is 12.0. The first kappa shape index (κ1) is 36.8. The molecule has 0 spiro atoms. The number of hydrogen-bond acceptors (Lipinski definition) is 8. The van der Waals surface area contributed by atoms with Gasteiger partial charge in [-0.2, -0.15) is 0 Å². The van der Waals surface area contributed by atoms with Crippen LogP contribution in [0, 0.1) is 0 Å². The molecule has 2 unspecified atom stereocenters. The predicted octanol–water partition coefficient (Wildman–Crippen LogP) is 7.52. The molecule has 2 atom stereocenters. The quantitative estimate of drug-likeness (QED) is 0.138. The van der Waals surface area contributed by atoms with Crippen molar-refractivity contribution in [1.82, 2.24) is 0 Å². The van der Waals surface area contributed by atoms with E-state index < -0.39 is 11.9 Å². The number of carbonyl (C=O) groups excluding carboxylic acids is 2. The maximum atomic E-state index is 11.4. The smallest absolute Gasteiger partial charge is 0.330 e. The molecule has 0 radical (unpaired) electrons. The van der Waals surface area contributed by atoms with Gasteiger partial charge >= 0.3 is 11.9 Å². The van der Waals surface area contributed by atoms with Gasteiger partial charge in [0, 0.05) is 31.8 Å². The number of carbonyl (C=O) groups is 2. The monoisotopic (exact) mass is 636 g/mol. The second-order valence-electron chi connectivity index (χ2n) is 11.8. The molecule has 0 N–H and O–H groups in total. The van der Waals surface area contributed by atoms with E-state index in [1.807, 2.05) is 24.3 Å². The van der Waals surface area contributed by atoms with Crippen molar-refractivity contribution in [3.05, 3.63) is 85.0 Å². The number of benzene rings is 2. The third-order valence-corrected chi connectivity index (χ3v) is 8.72. The summed E-state index contributed by atoms with van der Waals surface area (Å²) >= 11 is 0. The van der Waals surface area contributed by atoms with Crippen LogP contribution in [0.5, 0.6) is 11.5 Å². The van der Waals surface area contributed by atoms with Crippen molar-refractivity contribution >= 4 is 11.9 Å². The topological polar surface area (TPSA) is 89.5 Å². The molecule has 0 saturated heterocycles. The van der Waals surface area contributed by atoms with E-state index in [1.54, 1.807) is 14.2 Å². The van der Waals surface area contributed by atoms with Crippen molar-refractivity contribution in [3.63, 3.8) is 0 Å². The van der Waals surface area contributed by atoms with E-state index in [2.05, 4.69) is 37.4 Å². The molecule has 0 bridgehead atoms. The Kier molecular flexibility index (Phi) is 16.4. The zero-order valence-electron chi connectivity index (χ0n) is 27.7. The van der Waals surface area contributed by atoms with Crippen molar-refractivity contribution in [2.75, 3.05) is 40.6 Å². The second kappa shape index (κ2) is 20.5. The fourth-order valence-corrected chi connectivity index (χ4v) is 5.92. The molecule has 1 saturated carbocycles. The maximum Gasteiger partial charge on any atom is 0.330 e. The first-order valence-corrected chi connectivity index (χ1v) is 16.5. The van der Waals surface area contributed by atoms with E-state index in [0.717, 1.165) is 49.3 Å². The summed E-state index contributed by atoms with van der Waals surface area (Å²) < 4.78 is 33.1. The van der Waals surface area contributed by atoms with Crippen molar-refractivity contribution in [2.45, 2.75) is 88.3 Å². The Morgan fingerprint density at radius 3 is 1.28 bits per heavy atom. The molecule has 1 aliphatic carbocycles. The molecule has 1 fully saturated rings. The van der Waals surface area contributed by atoms with Crippen LogP contribution < -0.4 is 9.47 Å². The zero-order chi connectivity index (χ0) is 33.0. The molecule has 0 heterocycles. The van der Waals surface area contributed by atoms with Crippen molar-refractivity contribution in [3.8, 4) is 11.5 Å². The Bertz CT molecular complexity index is 1100. The summed E-state index contributed by atoms with van der Waals surface area (Å²) in [5, 5.41) is 0. The highest BCUT2D eigenvalue weighted by molar-refractivity contribution is 5.81. The molecule has 1 aliphatic rings. The Morgan fingerprint density at radius 1 is 0.609 bits per heavy atom. The summed E-state index contributed by atoms with van der Waals surface area (Å²) in [5.41, 5.74) is 2.41. The number of esters is 2. The lowest BCUT2D eigenvalue weighted by molar-refractivity contribution is -0.142. The molecular weight excluding hydrogens is 584 g/mol. The molecule has 3 rings (SSSR count). The third-order valence-electron chi connectivity index (χ3n) is 8.72. The lowest BCUT2D eigenvalue weighted by atomic mass is 9.67. The molecule has 0 aromatic heterocycles. The molecule has 0 amide bonds. The number of hydrogen-bond donors (Lipinski definition) is 0. The molecule has 8 heteroatoms. The van der Waals surface area contributed by atoms with Crippen LogP contribution in [0.15, 0.2) is 73.8 Å². The standard InChI is InChI=1S/C38H52O8/c1-5-36(39)45-28-34(41-3)26-43-32-20-16-30(17-21-32)38(24-14-12-10-8-7-9-11-13-15-25-38)31-18-22-33(23-19-31)44-27-35(42-4)29-46-37(40)6-2/h5-6,16-23,34-35H,1-2,7-15,24-29H2,3-4H3. The van der Waals surface area contributed by atoms with Crippen LogP contribution in [-0.2, 0) is 34.0 Å². The lowest BCUT2D eigenvalue weighted by Crippen LogP contribution is -2.29. The van der Waals surface area contributed by atoms with E-state index in [-0.39, 0.29) is 44.1 Å². The fourth-order valence-electron chi connectivity index (χ4n) is 5.92. The van der Waals surface area contributed by atoms with Gasteiger partial charge in [0.2, 0.25) is 0 Å². The highest BCUT2D eigenvalue weighted by Gasteiger charge is 2.33. The normalized spacial score (nSPS) is 16.8. The van der Waals surface area contributed by atoms with Crippen LogP contribution in [0.1, 0.15) is 81.8 Å². The van der Waals surface area contributed by atoms with Gasteiger partial charge in [0.25, 0.3) is 0 Å². The van der Waals surface area contributed by atoms with Gasteiger partial charge in [0.05, 0.1) is 0 Å². The van der Waals surface area contributed by atoms with E-state index in [4.69, 9.17) is 28.4 Å². The molecule has 2 aromatic rings. The van der Waals surface area contributed by atoms with Crippen LogP contribution in [0.4, 0.5) is 0 Å². The molecular formula is C38H52O8. The summed E-state index contributed by atoms with van der Waals surface area (Å²) in [4.78, 5) is 22.9. The molecule has 2 aromatic carbocycles. The summed E-state index contributed by atoms with van der Waals surface area (Å²) in [6, 6.07) is 16.9. The first-order valence-electron chi connectivity index (χ1n) is 16.5. The van der Waals surface area contributed by atoms with E-state index in [9.17, 15) is 9.59 Å². The van der Waals surface area contributed by atoms with Crippen LogP contribution >= 0.6 is 0 Å². The van der Waals surface area contributed by atoms with Crippen LogP contribution in [0.3, 0.4) is 0 Å². The minimum atomic E-state index is -0.487. The van der Waals surface area contributed by atoms with Gasteiger partial charge in [-0.15, -0.1) is 0 Å². The average Bonchev–Trinajstić information content (AvgIpc) is 3.09. The van der Waals surface area contributed by atoms with Crippen molar-refractivity contribution in [2.24, 2.45) is 0 Å². The second-order valence-corrected chi connectivity index (χ2v) is 11.8. The SMILES string of the molecule is C=CC(=O)OCC(COc1ccc(C2(c3ccc(OCC(COC(=O)C=C)OC)cc3)CCCCCCCCCCC2)cc1)OC. The summed E-state index contributed by atoms with van der Waals surface area (Å²) in [7, 11) is 3.14. The molecule has 252 valence electrons. The minimum Gasteiger partial charge on any atom is -0.491 e. The number of rotatable bonds is 16. The Balaban J connectivity index is 1.79. The zero-order valence-corrected chi connectivity index (χ0v) is 27.7. The Morgan fingerprint density at radius 2 is 0.957 bits per heavy atom. The van der Waals surface area contributed by atoms with Crippen LogP contribution in [0.2, 0.25) is 0 Å². The Hall–Kier alpha value is -3.62. The largest absolute Gasteiger partial charge is 0.491 e. The van der Waals surface area contributed by atoms with E-state index in [0.29, 0.717) is 0 Å². The van der Waals surface area contributed by atoms with Gasteiger partial charge in [-0.3, -0.25) is 0 Å². The summed E-state index contributed by atoms with van der Waals surface area (Å²) in [5.74, 6) is 0.497. The van der Waals surface area contributed by atoms with Crippen LogP contribution in [0.25, 0.3) is 0 Å². The van der Waals surface area contributed by atoms with E-state index >= 15 is 0 Å². The lowest BCUT2D eigenvalue weighted by Gasteiger charge is -2.36. The molecule has 46 heavy (non-hydrogen) atoms. The highest BCUT2D eigenvalue weighted by Crippen LogP contribution is 2.43. The number of ether oxygens (including phenoxy) is 6. The Labute approximate surface area is 275 Å². The molecule has 0 aliphatic heterocycles.